The van der Waals surface area contributed by atoms with Crippen molar-refractivity contribution in [3.63, 3.8) is 0 Å². The Kier molecular flexibility index (Phi) is 6.30. The number of alkyl carbamates (subject to hydrolysis) is 1. The van der Waals surface area contributed by atoms with Gasteiger partial charge in [0.25, 0.3) is 5.56 Å². The molecule has 1 amide bonds. The molecule has 0 atom stereocenters. The van der Waals surface area contributed by atoms with Gasteiger partial charge in [-0.1, -0.05) is 30.8 Å². The van der Waals surface area contributed by atoms with Gasteiger partial charge in [0.05, 0.1) is 10.9 Å². The van der Waals surface area contributed by atoms with E-state index in [1.165, 1.54) is 11.8 Å². The predicted octanol–water partition coefficient (Wildman–Crippen LogP) is 2.83. The van der Waals surface area contributed by atoms with E-state index in [1.54, 1.807) is 33.2 Å². The molecule has 2 aromatic heterocycles. The van der Waals surface area contributed by atoms with Gasteiger partial charge in [0.15, 0.2) is 11.8 Å². The van der Waals surface area contributed by atoms with Crippen molar-refractivity contribution < 1.29 is 22.7 Å². The minimum Gasteiger partial charge on any atom is -0.440 e. The molecule has 3 rings (SSSR count). The first-order valence-electron chi connectivity index (χ1n) is 8.78. The Hall–Kier alpha value is -2.76. The van der Waals surface area contributed by atoms with Crippen molar-refractivity contribution in [2.24, 2.45) is 0 Å². The molecule has 0 aliphatic heterocycles. The molecule has 29 heavy (non-hydrogen) atoms. The number of para-hydroxylation sites is 1. The van der Waals surface area contributed by atoms with E-state index in [9.17, 15) is 22.8 Å². The number of ether oxygens (including phenoxy) is 1. The first-order chi connectivity index (χ1) is 13.8. The van der Waals surface area contributed by atoms with E-state index in [0.29, 0.717) is 34.1 Å². The van der Waals surface area contributed by atoms with Gasteiger partial charge in [0.1, 0.15) is 0 Å². The lowest BCUT2D eigenvalue weighted by molar-refractivity contribution is -0.160. The molecule has 0 saturated heterocycles. The molecular weight excluding hydrogens is 411 g/mol. The summed E-state index contributed by atoms with van der Waals surface area (Å²) in [7, 11) is 0. The van der Waals surface area contributed by atoms with Gasteiger partial charge in [-0.25, -0.2) is 4.79 Å². The number of hydrogen-bond donors (Lipinski definition) is 1. The maximum atomic E-state index is 12.7. The molecule has 1 N–H and O–H groups in total. The third-order valence-electron chi connectivity index (χ3n) is 3.89. The van der Waals surface area contributed by atoms with E-state index >= 15 is 0 Å². The highest BCUT2D eigenvalue weighted by atomic mass is 32.2. The summed E-state index contributed by atoms with van der Waals surface area (Å²) in [5.74, 6) is 0.735. The Morgan fingerprint density at radius 1 is 1.28 bits per heavy atom. The lowest BCUT2D eigenvalue weighted by Crippen LogP contribution is -2.30. The molecule has 3 aromatic rings. The average molecular weight is 429 g/mol. The average Bonchev–Trinajstić information content (AvgIpc) is 3.10. The van der Waals surface area contributed by atoms with Gasteiger partial charge < -0.3 is 10.1 Å². The summed E-state index contributed by atoms with van der Waals surface area (Å²) in [6, 6.07) is 7.10. The first kappa shape index (κ1) is 21.0. The monoisotopic (exact) mass is 429 g/mol. The molecule has 0 aliphatic carbocycles. The van der Waals surface area contributed by atoms with Gasteiger partial charge >= 0.3 is 12.3 Å². The van der Waals surface area contributed by atoms with Gasteiger partial charge in [-0.05, 0) is 18.6 Å². The van der Waals surface area contributed by atoms with Crippen LogP contribution in [0.2, 0.25) is 0 Å². The molecule has 0 unspecified atom stereocenters. The van der Waals surface area contributed by atoms with E-state index in [1.807, 2.05) is 6.92 Å². The topological polar surface area (TPSA) is 90.5 Å². The lowest BCUT2D eigenvalue weighted by atomic mass is 10.2. The van der Waals surface area contributed by atoms with Crippen LogP contribution in [0, 0.1) is 0 Å². The Balaban J connectivity index is 1.76. The van der Waals surface area contributed by atoms with E-state index < -0.39 is 18.9 Å². The highest BCUT2D eigenvalue weighted by Gasteiger charge is 2.29. The molecule has 0 saturated carbocycles. The maximum Gasteiger partial charge on any atom is 0.422 e. The largest absolute Gasteiger partial charge is 0.440 e. The molecule has 0 spiro atoms. The molecule has 8 nitrogen and oxygen atoms in total. The van der Waals surface area contributed by atoms with Crippen LogP contribution < -0.4 is 10.9 Å². The Labute approximate surface area is 167 Å². The SMILES string of the molecule is CCCn1c(=O)c2ccccc2n2c(SCCNC(=O)OCC(F)(F)F)nnc12. The number of aromatic nitrogens is 4. The van der Waals surface area contributed by atoms with Crippen molar-refractivity contribution in [1.29, 1.82) is 0 Å². The number of carbonyl (C=O) groups is 1. The van der Waals surface area contributed by atoms with Gasteiger partial charge in [-0.2, -0.15) is 13.2 Å². The number of fused-ring (bicyclic) bond motifs is 3. The van der Waals surface area contributed by atoms with E-state index in [-0.39, 0.29) is 12.1 Å². The second-order valence-electron chi connectivity index (χ2n) is 6.06. The third kappa shape index (κ3) is 4.81. The van der Waals surface area contributed by atoms with E-state index in [2.05, 4.69) is 20.3 Å². The number of hydrogen-bond acceptors (Lipinski definition) is 6. The zero-order chi connectivity index (χ0) is 21.0. The number of carbonyl (C=O) groups excluding carboxylic acids is 1. The van der Waals surface area contributed by atoms with Gasteiger partial charge in [-0.3, -0.25) is 13.8 Å². The highest BCUT2D eigenvalue weighted by Crippen LogP contribution is 2.21. The van der Waals surface area contributed by atoms with Crippen LogP contribution in [0.3, 0.4) is 0 Å². The Morgan fingerprint density at radius 3 is 2.76 bits per heavy atom. The van der Waals surface area contributed by atoms with Crippen LogP contribution >= 0.6 is 11.8 Å². The minimum absolute atomic E-state index is 0.0722. The van der Waals surface area contributed by atoms with Crippen LogP contribution in [0.5, 0.6) is 0 Å². The van der Waals surface area contributed by atoms with Gasteiger partial charge in [-0.15, -0.1) is 10.2 Å². The fourth-order valence-corrected chi connectivity index (χ4v) is 3.54. The fraction of sp³-hybridized carbons (Fsp3) is 0.412. The zero-order valence-electron chi connectivity index (χ0n) is 15.4. The normalized spacial score (nSPS) is 11.9. The minimum atomic E-state index is -4.57. The summed E-state index contributed by atoms with van der Waals surface area (Å²) >= 11 is 1.25. The lowest BCUT2D eigenvalue weighted by Gasteiger charge is -2.10. The molecule has 12 heteroatoms. The van der Waals surface area contributed by atoms with Crippen molar-refractivity contribution in [3.05, 3.63) is 34.6 Å². The molecular formula is C17H18F3N5O3S. The number of thioether (sulfide) groups is 1. The van der Waals surface area contributed by atoms with E-state index in [4.69, 9.17) is 0 Å². The second kappa shape index (κ2) is 8.72. The third-order valence-corrected chi connectivity index (χ3v) is 4.83. The number of benzene rings is 1. The maximum absolute atomic E-state index is 12.7. The van der Waals surface area contributed by atoms with Crippen LogP contribution in [-0.4, -0.2) is 50.3 Å². The zero-order valence-corrected chi connectivity index (χ0v) is 16.2. The molecule has 2 heterocycles. The number of amides is 1. The number of halogens is 3. The summed E-state index contributed by atoms with van der Waals surface area (Å²) < 4.78 is 43.5. The van der Waals surface area contributed by atoms with Gasteiger partial charge in [0, 0.05) is 18.8 Å². The number of aryl methyl sites for hydroxylation is 1. The van der Waals surface area contributed by atoms with Crippen molar-refractivity contribution in [3.8, 4) is 0 Å². The van der Waals surface area contributed by atoms with E-state index in [0.717, 1.165) is 6.42 Å². The Morgan fingerprint density at radius 2 is 2.03 bits per heavy atom. The number of alkyl halides is 3. The predicted molar refractivity (Wildman–Crippen MR) is 101 cm³/mol. The van der Waals surface area contributed by atoms with Crippen molar-refractivity contribution in [2.75, 3.05) is 18.9 Å². The molecule has 0 fully saturated rings. The number of nitrogens with zero attached hydrogens (tertiary/aromatic N) is 4. The quantitative estimate of drug-likeness (QED) is 0.459. The standard InChI is InChI=1S/C17H18F3N5O3S/c1-2-8-24-13(26)11-5-3-4-6-12(11)25-14(24)22-23-15(25)29-9-7-21-16(27)28-10-17(18,19)20/h3-6H,2,7-10H2,1H3,(H,21,27). The summed E-state index contributed by atoms with van der Waals surface area (Å²) in [5, 5.41) is 11.6. The van der Waals surface area contributed by atoms with Crippen LogP contribution in [0.4, 0.5) is 18.0 Å². The summed E-state index contributed by atoms with van der Waals surface area (Å²) in [6.07, 6.45) is -4.97. The van der Waals surface area contributed by atoms with Crippen LogP contribution in [0.25, 0.3) is 16.7 Å². The second-order valence-corrected chi connectivity index (χ2v) is 7.12. The van der Waals surface area contributed by atoms with Crippen molar-refractivity contribution in [2.45, 2.75) is 31.2 Å². The smallest absolute Gasteiger partial charge is 0.422 e. The summed E-state index contributed by atoms with van der Waals surface area (Å²) in [4.78, 5) is 24.0. The molecule has 0 bridgehead atoms. The summed E-state index contributed by atoms with van der Waals surface area (Å²) in [5.41, 5.74) is 0.512. The molecule has 0 aliphatic rings. The summed E-state index contributed by atoms with van der Waals surface area (Å²) in [6.45, 7) is 0.876. The van der Waals surface area contributed by atoms with Crippen molar-refractivity contribution >= 4 is 34.5 Å². The first-order valence-corrected chi connectivity index (χ1v) is 9.77. The van der Waals surface area contributed by atoms with Crippen LogP contribution in [-0.2, 0) is 11.3 Å². The number of rotatable bonds is 7. The number of nitrogens with one attached hydrogen (secondary N) is 1. The fourth-order valence-electron chi connectivity index (χ4n) is 2.75. The van der Waals surface area contributed by atoms with Crippen LogP contribution in [0.15, 0.2) is 34.2 Å². The highest BCUT2D eigenvalue weighted by molar-refractivity contribution is 7.99. The van der Waals surface area contributed by atoms with Gasteiger partial charge in [0.2, 0.25) is 5.78 Å². The Bertz CT molecular complexity index is 1080. The molecule has 1 aromatic carbocycles. The molecule has 156 valence electrons. The van der Waals surface area contributed by atoms with Crippen molar-refractivity contribution in [1.82, 2.24) is 24.5 Å². The molecule has 0 radical (unpaired) electrons. The van der Waals surface area contributed by atoms with Crippen LogP contribution in [0.1, 0.15) is 13.3 Å².